The van der Waals surface area contributed by atoms with Crippen molar-refractivity contribution in [2.75, 3.05) is 0 Å². The lowest BCUT2D eigenvalue weighted by atomic mass is 10.2. The Morgan fingerprint density at radius 3 is 2.83 bits per heavy atom. The van der Waals surface area contributed by atoms with Crippen molar-refractivity contribution in [1.29, 1.82) is 0 Å². The molecule has 18 heavy (non-hydrogen) atoms. The molecule has 0 bridgehead atoms. The fraction of sp³-hybridized carbons (Fsp3) is 0.273. The number of thiazole rings is 1. The molecule has 1 amide bonds. The van der Waals surface area contributed by atoms with E-state index in [-0.39, 0.29) is 10.6 Å². The van der Waals surface area contributed by atoms with E-state index in [0.29, 0.717) is 12.3 Å². The molecule has 3 N–H and O–H groups in total. The van der Waals surface area contributed by atoms with Crippen molar-refractivity contribution < 1.29 is 9.21 Å². The van der Waals surface area contributed by atoms with Crippen LogP contribution in [0.5, 0.6) is 0 Å². The minimum Gasteiger partial charge on any atom is -0.456 e. The van der Waals surface area contributed by atoms with Crippen molar-refractivity contribution in [2.24, 2.45) is 5.84 Å². The van der Waals surface area contributed by atoms with Crippen LogP contribution in [0.1, 0.15) is 27.6 Å². The van der Waals surface area contributed by atoms with Crippen LogP contribution >= 0.6 is 11.3 Å². The van der Waals surface area contributed by atoms with Crippen LogP contribution in [0.3, 0.4) is 0 Å². The number of hydrazine groups is 1. The number of aromatic nitrogens is 1. The summed E-state index contributed by atoms with van der Waals surface area (Å²) in [5.41, 5.74) is 3.68. The third-order valence-electron chi connectivity index (χ3n) is 2.68. The summed E-state index contributed by atoms with van der Waals surface area (Å²) in [6.07, 6.45) is 0. The van der Waals surface area contributed by atoms with E-state index in [0.717, 1.165) is 22.6 Å². The Balaban J connectivity index is 2.33. The minimum atomic E-state index is -0.487. The van der Waals surface area contributed by atoms with Crippen LogP contribution in [0, 0.1) is 13.8 Å². The predicted octanol–water partition coefficient (Wildman–Crippen LogP) is 0.771. The van der Waals surface area contributed by atoms with Gasteiger partial charge in [-0.1, -0.05) is 11.3 Å². The predicted molar refractivity (Wildman–Crippen MR) is 67.5 cm³/mol. The fourth-order valence-electron chi connectivity index (χ4n) is 1.63. The number of carbonyl (C=O) groups excluding carboxylic acids is 1. The number of hydrogen-bond acceptors (Lipinski definition) is 5. The molecule has 0 aromatic carbocycles. The van der Waals surface area contributed by atoms with E-state index in [1.54, 1.807) is 22.9 Å². The highest BCUT2D eigenvalue weighted by atomic mass is 32.1. The summed E-state index contributed by atoms with van der Waals surface area (Å²) in [4.78, 5) is 22.9. The number of hydrogen-bond donors (Lipinski definition) is 2. The molecule has 0 spiro atoms. The van der Waals surface area contributed by atoms with E-state index in [1.807, 2.05) is 12.3 Å². The number of nitrogens with zero attached hydrogens (tertiary/aromatic N) is 1. The zero-order valence-electron chi connectivity index (χ0n) is 10.0. The number of nitrogen functional groups attached to an aromatic ring is 1. The van der Waals surface area contributed by atoms with Crippen LogP contribution in [0.15, 0.2) is 20.7 Å². The first-order valence-electron chi connectivity index (χ1n) is 5.28. The lowest BCUT2D eigenvalue weighted by Crippen LogP contribution is -2.29. The maximum atomic E-state index is 11.6. The number of carbonyl (C=O) groups is 1. The van der Waals surface area contributed by atoms with Gasteiger partial charge in [-0.3, -0.25) is 19.6 Å². The largest absolute Gasteiger partial charge is 0.456 e. The van der Waals surface area contributed by atoms with Gasteiger partial charge in [0.05, 0.1) is 6.54 Å². The van der Waals surface area contributed by atoms with E-state index < -0.39 is 5.91 Å². The van der Waals surface area contributed by atoms with Crippen molar-refractivity contribution in [3.63, 3.8) is 0 Å². The minimum absolute atomic E-state index is 0.0297. The number of aryl methyl sites for hydroxylation is 2. The van der Waals surface area contributed by atoms with Crippen LogP contribution in [0.25, 0.3) is 0 Å². The van der Waals surface area contributed by atoms with E-state index in [9.17, 15) is 9.59 Å². The second kappa shape index (κ2) is 4.79. The van der Waals surface area contributed by atoms with Crippen molar-refractivity contribution in [3.05, 3.63) is 43.9 Å². The third kappa shape index (κ3) is 2.22. The standard InChI is InChI=1S/C11H13N3O3S/c1-6-5-18-11(16)14(6)4-8-3-9(10(15)13-12)17-7(8)2/h3,5H,4,12H2,1-2H3,(H,13,15). The molecule has 2 aromatic rings. The zero-order valence-corrected chi connectivity index (χ0v) is 10.8. The summed E-state index contributed by atoms with van der Waals surface area (Å²) < 4.78 is 6.92. The summed E-state index contributed by atoms with van der Waals surface area (Å²) >= 11 is 1.15. The molecule has 0 fully saturated rings. The average molecular weight is 267 g/mol. The molecule has 0 unspecified atom stereocenters. The molecule has 0 radical (unpaired) electrons. The van der Waals surface area contributed by atoms with Crippen LogP contribution in [0.4, 0.5) is 0 Å². The molecule has 2 aromatic heterocycles. The van der Waals surface area contributed by atoms with Crippen LogP contribution in [-0.2, 0) is 6.54 Å². The molecule has 0 saturated heterocycles. The quantitative estimate of drug-likeness (QED) is 0.488. The molecule has 7 heteroatoms. The first-order valence-corrected chi connectivity index (χ1v) is 6.16. The Hall–Kier alpha value is -1.86. The Morgan fingerprint density at radius 2 is 2.28 bits per heavy atom. The van der Waals surface area contributed by atoms with Crippen LogP contribution in [-0.4, -0.2) is 10.5 Å². The monoisotopic (exact) mass is 267 g/mol. The lowest BCUT2D eigenvalue weighted by molar-refractivity contribution is 0.0924. The van der Waals surface area contributed by atoms with Gasteiger partial charge in [0.1, 0.15) is 5.76 Å². The van der Waals surface area contributed by atoms with Crippen LogP contribution < -0.4 is 16.1 Å². The molecule has 2 rings (SSSR count). The highest BCUT2D eigenvalue weighted by molar-refractivity contribution is 7.07. The molecule has 0 aliphatic carbocycles. The van der Waals surface area contributed by atoms with E-state index >= 15 is 0 Å². The third-order valence-corrected chi connectivity index (χ3v) is 3.56. The summed E-state index contributed by atoms with van der Waals surface area (Å²) in [6, 6.07) is 1.60. The van der Waals surface area contributed by atoms with Gasteiger partial charge in [-0.25, -0.2) is 5.84 Å². The Kier molecular flexibility index (Phi) is 3.35. The van der Waals surface area contributed by atoms with Gasteiger partial charge in [0, 0.05) is 16.6 Å². The van der Waals surface area contributed by atoms with Crippen LogP contribution in [0.2, 0.25) is 0 Å². The van der Waals surface area contributed by atoms with Crippen molar-refractivity contribution in [2.45, 2.75) is 20.4 Å². The van der Waals surface area contributed by atoms with Gasteiger partial charge in [-0.15, -0.1) is 0 Å². The van der Waals surface area contributed by atoms with E-state index in [1.165, 1.54) is 0 Å². The summed E-state index contributed by atoms with van der Waals surface area (Å²) in [5, 5.41) is 1.80. The Labute approximate surface area is 107 Å². The number of furan rings is 1. The van der Waals surface area contributed by atoms with Crippen molar-refractivity contribution >= 4 is 17.2 Å². The smallest absolute Gasteiger partial charge is 0.307 e. The number of rotatable bonds is 3. The van der Waals surface area contributed by atoms with Crippen molar-refractivity contribution in [3.8, 4) is 0 Å². The molecule has 0 saturated carbocycles. The molecule has 0 aliphatic heterocycles. The SMILES string of the molecule is Cc1oc(C(=O)NN)cc1Cn1c(C)csc1=O. The molecule has 96 valence electrons. The van der Waals surface area contributed by atoms with Gasteiger partial charge in [0.15, 0.2) is 5.76 Å². The summed E-state index contributed by atoms with van der Waals surface area (Å²) in [5.74, 6) is 5.29. The average Bonchev–Trinajstić information content (AvgIpc) is 2.86. The maximum absolute atomic E-state index is 11.6. The molecular weight excluding hydrogens is 254 g/mol. The highest BCUT2D eigenvalue weighted by Crippen LogP contribution is 2.16. The normalized spacial score (nSPS) is 10.6. The van der Waals surface area contributed by atoms with Gasteiger partial charge in [-0.2, -0.15) is 0 Å². The topological polar surface area (TPSA) is 90.3 Å². The molecular formula is C11H13N3O3S. The maximum Gasteiger partial charge on any atom is 0.307 e. The van der Waals surface area contributed by atoms with Gasteiger partial charge in [0.2, 0.25) is 0 Å². The number of nitrogens with one attached hydrogen (secondary N) is 1. The zero-order chi connectivity index (χ0) is 13.3. The fourth-order valence-corrected chi connectivity index (χ4v) is 2.36. The molecule has 0 atom stereocenters. The van der Waals surface area contributed by atoms with Gasteiger partial charge >= 0.3 is 10.8 Å². The molecule has 0 aliphatic rings. The number of amides is 1. The second-order valence-corrected chi connectivity index (χ2v) is 4.72. The first kappa shape index (κ1) is 12.6. The Morgan fingerprint density at radius 1 is 1.56 bits per heavy atom. The van der Waals surface area contributed by atoms with Gasteiger partial charge in [0.25, 0.3) is 0 Å². The molecule has 2 heterocycles. The molecule has 6 nitrogen and oxygen atoms in total. The van der Waals surface area contributed by atoms with E-state index in [2.05, 4.69) is 0 Å². The van der Waals surface area contributed by atoms with E-state index in [4.69, 9.17) is 10.3 Å². The number of nitrogens with two attached hydrogens (primary N) is 1. The van der Waals surface area contributed by atoms with Crippen molar-refractivity contribution in [1.82, 2.24) is 9.99 Å². The lowest BCUT2D eigenvalue weighted by Gasteiger charge is -2.02. The second-order valence-electron chi connectivity index (χ2n) is 3.89. The highest BCUT2D eigenvalue weighted by Gasteiger charge is 2.14. The summed E-state index contributed by atoms with van der Waals surface area (Å²) in [7, 11) is 0. The van der Waals surface area contributed by atoms with Gasteiger partial charge < -0.3 is 4.42 Å². The Bertz CT molecular complexity index is 638. The first-order chi connectivity index (χ1) is 8.52. The summed E-state index contributed by atoms with van der Waals surface area (Å²) in [6.45, 7) is 4.00. The van der Waals surface area contributed by atoms with Gasteiger partial charge in [-0.05, 0) is 19.9 Å².